The third-order valence-electron chi connectivity index (χ3n) is 5.93. The highest BCUT2D eigenvalue weighted by molar-refractivity contribution is 6.33. The molecule has 2 N–H and O–H groups in total. The van der Waals surface area contributed by atoms with Gasteiger partial charge in [0.2, 0.25) is 0 Å². The molecule has 0 aliphatic carbocycles. The maximum Gasteiger partial charge on any atom is 0.261 e. The Balaban J connectivity index is 1.77. The van der Waals surface area contributed by atoms with E-state index in [1.165, 1.54) is 0 Å². The summed E-state index contributed by atoms with van der Waals surface area (Å²) < 4.78 is 5.75. The van der Waals surface area contributed by atoms with Crippen LogP contribution in [0.3, 0.4) is 0 Å². The van der Waals surface area contributed by atoms with Crippen molar-refractivity contribution >= 4 is 23.2 Å². The SMILES string of the molecule is CCCCOc1ccc(-c2cc(-c3ccc(C)cc3)c(C(=O)Nc3ccc(C)cc3)c(=O)[nH]2)c(Cl)c1. The molecule has 4 rings (SSSR count). The first-order chi connectivity index (χ1) is 17.4. The fraction of sp³-hybridized carbons (Fsp3) is 0.200. The molecule has 5 nitrogen and oxygen atoms in total. The summed E-state index contributed by atoms with van der Waals surface area (Å²) in [5, 5.41) is 3.30. The summed E-state index contributed by atoms with van der Waals surface area (Å²) in [7, 11) is 0. The van der Waals surface area contributed by atoms with Gasteiger partial charge in [-0.05, 0) is 62.2 Å². The third-order valence-corrected chi connectivity index (χ3v) is 6.24. The molecule has 0 fully saturated rings. The monoisotopic (exact) mass is 500 g/mol. The number of carbonyl (C=O) groups excluding carboxylic acids is 1. The molecule has 1 aromatic heterocycles. The lowest BCUT2D eigenvalue weighted by Gasteiger charge is -2.14. The van der Waals surface area contributed by atoms with Crippen LogP contribution in [0, 0.1) is 13.8 Å². The topological polar surface area (TPSA) is 71.2 Å². The number of hydrogen-bond donors (Lipinski definition) is 2. The van der Waals surface area contributed by atoms with E-state index in [9.17, 15) is 9.59 Å². The number of hydrogen-bond acceptors (Lipinski definition) is 3. The number of aromatic nitrogens is 1. The third kappa shape index (κ3) is 5.86. The number of anilines is 1. The molecule has 0 aliphatic heterocycles. The normalized spacial score (nSPS) is 10.8. The molecular formula is C30H29ClN2O3. The molecule has 0 saturated heterocycles. The van der Waals surface area contributed by atoms with Crippen LogP contribution in [0.25, 0.3) is 22.4 Å². The van der Waals surface area contributed by atoms with Crippen LogP contribution in [-0.2, 0) is 0 Å². The van der Waals surface area contributed by atoms with Crippen LogP contribution < -0.4 is 15.6 Å². The standard InChI is InChI=1S/C30H29ClN2O3/c1-4-5-16-36-23-14-15-24(26(31)17-23)27-18-25(21-10-6-19(2)7-11-21)28(30(35)33-27)29(34)32-22-12-8-20(3)9-13-22/h6-15,17-18H,4-5,16H2,1-3H3,(H,32,34)(H,33,35). The van der Waals surface area contributed by atoms with E-state index >= 15 is 0 Å². The molecule has 0 unspecified atom stereocenters. The first kappa shape index (κ1) is 25.3. The zero-order chi connectivity index (χ0) is 25.7. The zero-order valence-corrected chi connectivity index (χ0v) is 21.4. The molecule has 0 aliphatic rings. The van der Waals surface area contributed by atoms with Crippen molar-refractivity contribution < 1.29 is 9.53 Å². The summed E-state index contributed by atoms with van der Waals surface area (Å²) in [6.07, 6.45) is 2.00. The van der Waals surface area contributed by atoms with Gasteiger partial charge in [0.05, 0.1) is 17.3 Å². The molecule has 0 spiro atoms. The van der Waals surface area contributed by atoms with E-state index in [0.717, 1.165) is 29.5 Å². The van der Waals surface area contributed by atoms with E-state index in [2.05, 4.69) is 17.2 Å². The predicted molar refractivity (Wildman–Crippen MR) is 147 cm³/mol. The minimum atomic E-state index is -0.493. The number of amides is 1. The highest BCUT2D eigenvalue weighted by Gasteiger charge is 2.20. The Morgan fingerprint density at radius 3 is 2.22 bits per heavy atom. The first-order valence-corrected chi connectivity index (χ1v) is 12.4. The van der Waals surface area contributed by atoms with Gasteiger partial charge in [0, 0.05) is 16.8 Å². The number of ether oxygens (including phenoxy) is 1. The highest BCUT2D eigenvalue weighted by Crippen LogP contribution is 2.33. The molecule has 1 heterocycles. The second-order valence-corrected chi connectivity index (χ2v) is 9.24. The van der Waals surface area contributed by atoms with E-state index in [1.807, 2.05) is 74.5 Å². The Morgan fingerprint density at radius 1 is 0.917 bits per heavy atom. The van der Waals surface area contributed by atoms with Crippen molar-refractivity contribution in [2.24, 2.45) is 0 Å². The van der Waals surface area contributed by atoms with Crippen LogP contribution in [0.15, 0.2) is 77.6 Å². The van der Waals surface area contributed by atoms with Crippen LogP contribution in [0.2, 0.25) is 5.02 Å². The van der Waals surface area contributed by atoms with Gasteiger partial charge < -0.3 is 15.0 Å². The molecule has 0 radical (unpaired) electrons. The number of aromatic amines is 1. The number of aryl methyl sites for hydroxylation is 2. The Hall–Kier alpha value is -3.83. The molecule has 0 atom stereocenters. The van der Waals surface area contributed by atoms with E-state index in [0.29, 0.717) is 39.9 Å². The van der Waals surface area contributed by atoms with Gasteiger partial charge in [0.1, 0.15) is 11.3 Å². The molecular weight excluding hydrogens is 472 g/mol. The van der Waals surface area contributed by atoms with Gasteiger partial charge >= 0.3 is 0 Å². The minimum Gasteiger partial charge on any atom is -0.494 e. The molecule has 4 aromatic rings. The van der Waals surface area contributed by atoms with Crippen molar-refractivity contribution in [1.29, 1.82) is 0 Å². The Morgan fingerprint density at radius 2 is 1.58 bits per heavy atom. The summed E-state index contributed by atoms with van der Waals surface area (Å²) in [5.74, 6) is 0.195. The quantitative estimate of drug-likeness (QED) is 0.247. The lowest BCUT2D eigenvalue weighted by atomic mass is 9.97. The Labute approximate surface area is 216 Å². The Kier molecular flexibility index (Phi) is 7.91. The van der Waals surface area contributed by atoms with Crippen LogP contribution in [0.1, 0.15) is 41.3 Å². The van der Waals surface area contributed by atoms with E-state index in [-0.39, 0.29) is 5.56 Å². The highest BCUT2D eigenvalue weighted by atomic mass is 35.5. The number of nitrogens with one attached hydrogen (secondary N) is 2. The molecule has 0 saturated carbocycles. The fourth-order valence-corrected chi connectivity index (χ4v) is 4.13. The molecule has 36 heavy (non-hydrogen) atoms. The van der Waals surface area contributed by atoms with E-state index in [1.54, 1.807) is 12.1 Å². The van der Waals surface area contributed by atoms with Crippen molar-refractivity contribution in [2.45, 2.75) is 33.6 Å². The van der Waals surface area contributed by atoms with Crippen LogP contribution >= 0.6 is 11.6 Å². The van der Waals surface area contributed by atoms with Crippen LogP contribution in [0.4, 0.5) is 5.69 Å². The number of carbonyl (C=O) groups is 1. The molecule has 6 heteroatoms. The van der Waals surface area contributed by atoms with Gasteiger partial charge in [-0.1, -0.05) is 72.5 Å². The van der Waals surface area contributed by atoms with Crippen LogP contribution in [0.5, 0.6) is 5.75 Å². The lowest BCUT2D eigenvalue weighted by molar-refractivity contribution is 0.102. The van der Waals surface area contributed by atoms with E-state index < -0.39 is 11.5 Å². The minimum absolute atomic E-state index is 0.0406. The average molecular weight is 501 g/mol. The van der Waals surface area contributed by atoms with Gasteiger partial charge in [-0.3, -0.25) is 9.59 Å². The molecule has 3 aromatic carbocycles. The van der Waals surface area contributed by atoms with Crippen molar-refractivity contribution in [3.05, 3.63) is 105 Å². The number of pyridine rings is 1. The lowest BCUT2D eigenvalue weighted by Crippen LogP contribution is -2.25. The number of H-pyrrole nitrogens is 1. The van der Waals surface area contributed by atoms with Gasteiger partial charge in [-0.15, -0.1) is 0 Å². The second-order valence-electron chi connectivity index (χ2n) is 8.83. The van der Waals surface area contributed by atoms with Crippen molar-refractivity contribution in [1.82, 2.24) is 4.98 Å². The number of halogens is 1. The van der Waals surface area contributed by atoms with Gasteiger partial charge in [0.25, 0.3) is 11.5 Å². The first-order valence-electron chi connectivity index (χ1n) is 12.0. The zero-order valence-electron chi connectivity index (χ0n) is 20.7. The Bertz CT molecular complexity index is 1420. The van der Waals surface area contributed by atoms with Crippen molar-refractivity contribution in [3.8, 4) is 28.1 Å². The number of rotatable bonds is 8. The van der Waals surface area contributed by atoms with Gasteiger partial charge in [0.15, 0.2) is 0 Å². The predicted octanol–water partition coefficient (Wildman–Crippen LogP) is 7.41. The summed E-state index contributed by atoms with van der Waals surface area (Å²) in [5.41, 5.74) is 4.78. The molecule has 0 bridgehead atoms. The molecule has 184 valence electrons. The van der Waals surface area contributed by atoms with E-state index in [4.69, 9.17) is 16.3 Å². The maximum atomic E-state index is 13.3. The summed E-state index contributed by atoms with van der Waals surface area (Å²) in [6, 6.07) is 22.3. The van der Waals surface area contributed by atoms with Crippen molar-refractivity contribution in [2.75, 3.05) is 11.9 Å². The van der Waals surface area contributed by atoms with Gasteiger partial charge in [-0.2, -0.15) is 0 Å². The average Bonchev–Trinajstić information content (AvgIpc) is 2.85. The summed E-state index contributed by atoms with van der Waals surface area (Å²) in [4.78, 5) is 29.5. The summed E-state index contributed by atoms with van der Waals surface area (Å²) in [6.45, 7) is 6.68. The molecule has 1 amide bonds. The second kappa shape index (κ2) is 11.3. The summed E-state index contributed by atoms with van der Waals surface area (Å²) >= 11 is 6.59. The maximum absolute atomic E-state index is 13.3. The smallest absolute Gasteiger partial charge is 0.261 e. The largest absolute Gasteiger partial charge is 0.494 e. The van der Waals surface area contributed by atoms with Crippen LogP contribution in [-0.4, -0.2) is 17.5 Å². The van der Waals surface area contributed by atoms with Crippen molar-refractivity contribution in [3.63, 3.8) is 0 Å². The van der Waals surface area contributed by atoms with Gasteiger partial charge in [-0.25, -0.2) is 0 Å². The number of benzene rings is 3. The fourth-order valence-electron chi connectivity index (χ4n) is 3.86. The number of unbranched alkanes of at least 4 members (excludes halogenated alkanes) is 1.